The monoisotopic (exact) mass is 347 g/mol. The molecule has 0 aliphatic heterocycles. The van der Waals surface area contributed by atoms with Gasteiger partial charge in [0, 0.05) is 24.6 Å². The van der Waals surface area contributed by atoms with E-state index in [1.807, 2.05) is 0 Å². The van der Waals surface area contributed by atoms with Crippen LogP contribution in [0, 0.1) is 0 Å². The zero-order valence-corrected chi connectivity index (χ0v) is 14.6. The minimum atomic E-state index is -3.15. The molecule has 0 aliphatic rings. The van der Waals surface area contributed by atoms with Crippen LogP contribution < -0.4 is 0 Å². The average Bonchev–Trinajstić information content (AvgIpc) is 2.08. The van der Waals surface area contributed by atoms with Crippen LogP contribution in [0.2, 0.25) is 0 Å². The van der Waals surface area contributed by atoms with Crippen LogP contribution in [0.1, 0.15) is 6.92 Å². The average molecular weight is 347 g/mol. The Labute approximate surface area is 124 Å². The summed E-state index contributed by atoms with van der Waals surface area (Å²) in [5.74, 6) is -2.99. The number of carbonyl (C=O) groups is 2. The molecule has 0 spiro atoms. The summed E-state index contributed by atoms with van der Waals surface area (Å²) in [7, 11) is -6.30. The van der Waals surface area contributed by atoms with Gasteiger partial charge in [0.1, 0.15) is 4.90 Å². The fourth-order valence-electron chi connectivity index (χ4n) is 1.68. The Hall–Kier alpha value is -0.276. The normalized spacial score (nSPS) is 13.6. The molecule has 0 amide bonds. The van der Waals surface area contributed by atoms with Crippen LogP contribution in [-0.2, 0) is 37.3 Å². The summed E-state index contributed by atoms with van der Waals surface area (Å²) in [5, 5.41) is 17.8. The second kappa shape index (κ2) is 6.45. The standard InChI is InChI=1S/C10H18O6P2.V/c1-10(17(2,3)15,18(4,5)16)7(9(13)14)6-8(11)12;/h6H,1-5H3,(H,11,12)(H,13,14);/b7-6+;. The summed E-state index contributed by atoms with van der Waals surface area (Å²) in [6, 6.07) is 0. The molecule has 9 heteroatoms. The van der Waals surface area contributed by atoms with Crippen molar-refractivity contribution in [3.8, 4) is 0 Å². The van der Waals surface area contributed by atoms with Gasteiger partial charge >= 0.3 is 11.9 Å². The number of hydrogen-bond donors (Lipinski definition) is 2. The first-order valence-corrected chi connectivity index (χ1v) is 10.2. The summed E-state index contributed by atoms with van der Waals surface area (Å²) in [6.07, 6.45) is 0.474. The van der Waals surface area contributed by atoms with E-state index in [9.17, 15) is 18.7 Å². The van der Waals surface area contributed by atoms with Crippen molar-refractivity contribution in [1.29, 1.82) is 0 Å². The largest absolute Gasteiger partial charge is 0.478 e. The van der Waals surface area contributed by atoms with Crippen LogP contribution in [0.4, 0.5) is 0 Å². The van der Waals surface area contributed by atoms with Gasteiger partial charge in [-0.1, -0.05) is 0 Å². The molecule has 0 saturated heterocycles. The number of hydrogen-bond acceptors (Lipinski definition) is 4. The molecule has 0 unspecified atom stereocenters. The zero-order chi connectivity index (χ0) is 14.9. The molecule has 0 heterocycles. The zero-order valence-electron chi connectivity index (χ0n) is 11.4. The van der Waals surface area contributed by atoms with E-state index >= 15 is 0 Å². The third-order valence-corrected chi connectivity index (χ3v) is 10.7. The number of carboxylic acids is 2. The van der Waals surface area contributed by atoms with Crippen molar-refractivity contribution in [3.63, 3.8) is 0 Å². The van der Waals surface area contributed by atoms with Gasteiger partial charge in [-0.2, -0.15) is 0 Å². The Kier molecular flexibility index (Phi) is 7.14. The summed E-state index contributed by atoms with van der Waals surface area (Å²) in [6.45, 7) is 6.53. The minimum Gasteiger partial charge on any atom is -0.478 e. The molecule has 0 aromatic carbocycles. The van der Waals surface area contributed by atoms with Crippen LogP contribution in [0.15, 0.2) is 11.6 Å². The fraction of sp³-hybridized carbons (Fsp3) is 0.600. The predicted molar refractivity (Wildman–Crippen MR) is 70.7 cm³/mol. The van der Waals surface area contributed by atoms with Crippen LogP contribution in [0.25, 0.3) is 0 Å². The van der Waals surface area contributed by atoms with E-state index in [-0.39, 0.29) is 18.6 Å². The summed E-state index contributed by atoms with van der Waals surface area (Å²) in [5.41, 5.74) is -0.586. The second-order valence-corrected chi connectivity index (χ2v) is 12.5. The van der Waals surface area contributed by atoms with E-state index in [1.54, 1.807) is 0 Å². The third kappa shape index (κ3) is 4.35. The number of rotatable bonds is 5. The van der Waals surface area contributed by atoms with Gasteiger partial charge in [-0.25, -0.2) is 9.59 Å². The molecule has 0 aromatic rings. The van der Waals surface area contributed by atoms with Gasteiger partial charge in [-0.15, -0.1) is 0 Å². The number of carboxylic acid groups (broad SMARTS) is 2. The molecule has 19 heavy (non-hydrogen) atoms. The van der Waals surface area contributed by atoms with Crippen molar-refractivity contribution in [1.82, 2.24) is 0 Å². The summed E-state index contributed by atoms with van der Waals surface area (Å²) in [4.78, 5) is 20.2. The molecule has 0 aliphatic carbocycles. The third-order valence-electron chi connectivity index (χ3n) is 3.11. The maximum absolute atomic E-state index is 12.3. The Morgan fingerprint density at radius 1 is 1.00 bits per heavy atom. The SMILES string of the molecule is CC(/C(=C/C(=O)O)C(=O)O)(P(C)(C)=O)P(C)(C)=O.[V]. The van der Waals surface area contributed by atoms with Crippen molar-refractivity contribution in [3.05, 3.63) is 11.6 Å². The topological polar surface area (TPSA) is 109 Å². The molecule has 109 valence electrons. The first kappa shape index (κ1) is 21.0. The quantitative estimate of drug-likeness (QED) is 0.582. The van der Waals surface area contributed by atoms with E-state index in [4.69, 9.17) is 10.2 Å². The van der Waals surface area contributed by atoms with Crippen LogP contribution in [-0.4, -0.2) is 53.7 Å². The van der Waals surface area contributed by atoms with Crippen LogP contribution in [0.3, 0.4) is 0 Å². The van der Waals surface area contributed by atoms with Gasteiger partial charge in [0.05, 0.1) is 19.9 Å². The Morgan fingerprint density at radius 3 is 1.47 bits per heavy atom. The molecule has 0 bridgehead atoms. The van der Waals surface area contributed by atoms with Gasteiger partial charge in [-0.3, -0.25) is 0 Å². The summed E-state index contributed by atoms with van der Waals surface area (Å²) < 4.78 is 24.7. The minimum absolute atomic E-state index is 0. The molecular formula is C10H18O6P2V. The number of aliphatic carboxylic acids is 2. The second-order valence-electron chi connectivity index (χ2n) is 4.92. The van der Waals surface area contributed by atoms with Gasteiger partial charge in [0.15, 0.2) is 0 Å². The molecule has 0 rings (SSSR count). The van der Waals surface area contributed by atoms with E-state index in [2.05, 4.69) is 0 Å². The predicted octanol–water partition coefficient (Wildman–Crippen LogP) is 2.04. The van der Waals surface area contributed by atoms with Gasteiger partial charge < -0.3 is 19.3 Å². The van der Waals surface area contributed by atoms with Crippen molar-refractivity contribution in [2.45, 2.75) is 11.8 Å². The first-order chi connectivity index (χ1) is 7.75. The van der Waals surface area contributed by atoms with E-state index in [0.717, 1.165) is 0 Å². The van der Waals surface area contributed by atoms with Gasteiger partial charge in [0.25, 0.3) is 0 Å². The van der Waals surface area contributed by atoms with Gasteiger partial charge in [-0.05, 0) is 33.6 Å². The molecule has 0 atom stereocenters. The summed E-state index contributed by atoms with van der Waals surface area (Å²) >= 11 is 0. The Bertz CT molecular complexity index is 476. The Balaban J connectivity index is 0. The van der Waals surface area contributed by atoms with E-state index < -0.39 is 36.7 Å². The van der Waals surface area contributed by atoms with E-state index in [0.29, 0.717) is 6.08 Å². The smallest absolute Gasteiger partial charge is 0.333 e. The fourth-order valence-corrected chi connectivity index (χ4v) is 7.81. The first-order valence-electron chi connectivity index (χ1n) is 5.03. The van der Waals surface area contributed by atoms with Gasteiger partial charge in [0.2, 0.25) is 0 Å². The maximum Gasteiger partial charge on any atom is 0.333 e. The maximum atomic E-state index is 12.3. The molecular weight excluding hydrogens is 329 g/mol. The molecule has 0 saturated carbocycles. The van der Waals surface area contributed by atoms with Crippen molar-refractivity contribution < 1.29 is 47.5 Å². The van der Waals surface area contributed by atoms with Crippen molar-refractivity contribution in [2.75, 3.05) is 26.7 Å². The molecule has 2 N–H and O–H groups in total. The van der Waals surface area contributed by atoms with Crippen molar-refractivity contribution in [2.24, 2.45) is 0 Å². The van der Waals surface area contributed by atoms with Crippen LogP contribution >= 0.6 is 14.3 Å². The molecule has 0 fully saturated rings. The Morgan fingerprint density at radius 2 is 1.32 bits per heavy atom. The van der Waals surface area contributed by atoms with Crippen molar-refractivity contribution >= 4 is 26.2 Å². The van der Waals surface area contributed by atoms with Crippen LogP contribution in [0.5, 0.6) is 0 Å². The molecule has 1 radical (unpaired) electrons. The molecule has 6 nitrogen and oxygen atoms in total. The molecule has 0 aromatic heterocycles. The van der Waals surface area contributed by atoms with E-state index in [1.165, 1.54) is 33.6 Å².